The summed E-state index contributed by atoms with van der Waals surface area (Å²) in [6, 6.07) is 9.02. The summed E-state index contributed by atoms with van der Waals surface area (Å²) < 4.78 is 39.1. The number of hydrogen-bond donors (Lipinski definition) is 0. The van der Waals surface area contributed by atoms with Crippen molar-refractivity contribution in [2.75, 3.05) is 13.1 Å². The SMILES string of the molecule is CC(C)N1CCC[C@H](N(Cc2ccc(Br)nc2)C(=O)/C=C/c2ccc(C(F)(F)F)cc2)C1. The van der Waals surface area contributed by atoms with E-state index in [1.807, 2.05) is 17.0 Å². The topological polar surface area (TPSA) is 36.4 Å². The zero-order chi connectivity index (χ0) is 23.3. The Morgan fingerprint density at radius 1 is 1.25 bits per heavy atom. The summed E-state index contributed by atoms with van der Waals surface area (Å²) in [5.74, 6) is -0.163. The number of aromatic nitrogens is 1. The second-order valence-electron chi connectivity index (χ2n) is 8.29. The number of halogens is 4. The van der Waals surface area contributed by atoms with Gasteiger partial charge in [-0.15, -0.1) is 0 Å². The van der Waals surface area contributed by atoms with Crippen LogP contribution in [0.4, 0.5) is 13.2 Å². The number of carbonyl (C=O) groups is 1. The summed E-state index contributed by atoms with van der Waals surface area (Å²) >= 11 is 3.33. The fourth-order valence-corrected chi connectivity index (χ4v) is 4.07. The average Bonchev–Trinajstić information content (AvgIpc) is 2.77. The molecule has 0 unspecified atom stereocenters. The van der Waals surface area contributed by atoms with E-state index in [4.69, 9.17) is 0 Å². The van der Waals surface area contributed by atoms with Gasteiger partial charge in [0.1, 0.15) is 4.60 Å². The molecule has 1 aliphatic heterocycles. The van der Waals surface area contributed by atoms with Gasteiger partial charge in [-0.05, 0) is 84.6 Å². The van der Waals surface area contributed by atoms with E-state index in [1.165, 1.54) is 18.2 Å². The van der Waals surface area contributed by atoms with Crippen molar-refractivity contribution in [3.05, 3.63) is 70.0 Å². The van der Waals surface area contributed by atoms with Crippen molar-refractivity contribution in [1.82, 2.24) is 14.8 Å². The monoisotopic (exact) mass is 509 g/mol. The molecule has 0 radical (unpaired) electrons. The summed E-state index contributed by atoms with van der Waals surface area (Å²) in [7, 11) is 0. The fraction of sp³-hybridized carbons (Fsp3) is 0.417. The lowest BCUT2D eigenvalue weighted by Crippen LogP contribution is -2.51. The Balaban J connectivity index is 1.79. The number of alkyl halides is 3. The predicted octanol–water partition coefficient (Wildman–Crippen LogP) is 5.78. The Kier molecular flexibility index (Phi) is 8.11. The minimum atomic E-state index is -4.38. The normalized spacial score (nSPS) is 17.8. The zero-order valence-corrected chi connectivity index (χ0v) is 19.7. The summed E-state index contributed by atoms with van der Waals surface area (Å²) in [5, 5.41) is 0. The lowest BCUT2D eigenvalue weighted by Gasteiger charge is -2.40. The highest BCUT2D eigenvalue weighted by Gasteiger charge is 2.30. The maximum atomic E-state index is 13.2. The summed E-state index contributed by atoms with van der Waals surface area (Å²) in [4.78, 5) is 21.7. The molecule has 1 fully saturated rings. The second-order valence-corrected chi connectivity index (χ2v) is 9.11. The minimum Gasteiger partial charge on any atom is -0.331 e. The van der Waals surface area contributed by atoms with Crippen molar-refractivity contribution in [1.29, 1.82) is 0 Å². The third kappa shape index (κ3) is 6.65. The molecule has 3 rings (SSSR count). The minimum absolute atomic E-state index is 0.0551. The molecule has 172 valence electrons. The third-order valence-corrected chi connectivity index (χ3v) is 6.15. The number of benzene rings is 1. The first-order valence-corrected chi connectivity index (χ1v) is 11.4. The number of amides is 1. The van der Waals surface area contributed by atoms with Crippen LogP contribution >= 0.6 is 15.9 Å². The molecular formula is C24H27BrF3N3O. The van der Waals surface area contributed by atoms with Gasteiger partial charge in [0.25, 0.3) is 0 Å². The quantitative estimate of drug-likeness (QED) is 0.366. The second kappa shape index (κ2) is 10.6. The van der Waals surface area contributed by atoms with E-state index in [-0.39, 0.29) is 11.9 Å². The largest absolute Gasteiger partial charge is 0.416 e. The molecular weight excluding hydrogens is 483 g/mol. The van der Waals surface area contributed by atoms with Crippen molar-refractivity contribution >= 4 is 27.9 Å². The molecule has 0 aliphatic carbocycles. The first kappa shape index (κ1) is 24.5. The molecule has 8 heteroatoms. The van der Waals surface area contributed by atoms with Crippen LogP contribution in [0.1, 0.15) is 43.4 Å². The number of carbonyl (C=O) groups excluding carboxylic acids is 1. The van der Waals surface area contributed by atoms with E-state index < -0.39 is 11.7 Å². The highest BCUT2D eigenvalue weighted by atomic mass is 79.9. The van der Waals surface area contributed by atoms with Crippen LogP contribution in [-0.4, -0.2) is 45.9 Å². The number of pyridine rings is 1. The Bertz CT molecular complexity index is 927. The Morgan fingerprint density at radius 2 is 1.97 bits per heavy atom. The molecule has 4 nitrogen and oxygen atoms in total. The van der Waals surface area contributed by atoms with Gasteiger partial charge in [0.05, 0.1) is 5.56 Å². The Morgan fingerprint density at radius 3 is 2.56 bits per heavy atom. The van der Waals surface area contributed by atoms with Crippen LogP contribution in [-0.2, 0) is 17.5 Å². The molecule has 1 saturated heterocycles. The lowest BCUT2D eigenvalue weighted by atomic mass is 10.0. The molecule has 1 aliphatic rings. The van der Waals surface area contributed by atoms with Gasteiger partial charge in [-0.1, -0.05) is 18.2 Å². The molecule has 0 N–H and O–H groups in total. The molecule has 2 heterocycles. The van der Waals surface area contributed by atoms with E-state index in [0.717, 1.165) is 48.2 Å². The van der Waals surface area contributed by atoms with Crippen molar-refractivity contribution in [2.24, 2.45) is 0 Å². The highest BCUT2D eigenvalue weighted by Crippen LogP contribution is 2.29. The molecule has 0 bridgehead atoms. The summed E-state index contributed by atoms with van der Waals surface area (Å²) in [6.07, 6.45) is 2.30. The highest BCUT2D eigenvalue weighted by molar-refractivity contribution is 9.10. The van der Waals surface area contributed by atoms with Crippen LogP contribution in [0.3, 0.4) is 0 Å². The summed E-state index contributed by atoms with van der Waals surface area (Å²) in [5.41, 5.74) is 0.761. The molecule has 2 aromatic rings. The number of nitrogens with zero attached hydrogens (tertiary/aromatic N) is 3. The van der Waals surface area contributed by atoms with Crippen LogP contribution in [0.2, 0.25) is 0 Å². The number of hydrogen-bond acceptors (Lipinski definition) is 3. The van der Waals surface area contributed by atoms with Gasteiger partial charge in [-0.3, -0.25) is 9.69 Å². The Labute approximate surface area is 195 Å². The molecule has 1 aromatic carbocycles. The number of rotatable bonds is 6. The van der Waals surface area contributed by atoms with Crippen LogP contribution in [0.25, 0.3) is 6.08 Å². The molecule has 0 spiro atoms. The first-order valence-electron chi connectivity index (χ1n) is 10.6. The molecule has 1 amide bonds. The predicted molar refractivity (Wildman–Crippen MR) is 123 cm³/mol. The first-order chi connectivity index (χ1) is 15.1. The van der Waals surface area contributed by atoms with Crippen molar-refractivity contribution in [3.63, 3.8) is 0 Å². The van der Waals surface area contributed by atoms with Gasteiger partial charge in [0.15, 0.2) is 0 Å². The van der Waals surface area contributed by atoms with Crippen molar-refractivity contribution < 1.29 is 18.0 Å². The van der Waals surface area contributed by atoms with E-state index in [1.54, 1.807) is 12.3 Å². The maximum Gasteiger partial charge on any atom is 0.416 e. The number of likely N-dealkylation sites (tertiary alicyclic amines) is 1. The van der Waals surface area contributed by atoms with E-state index >= 15 is 0 Å². The number of piperidine rings is 1. The van der Waals surface area contributed by atoms with E-state index in [2.05, 4.69) is 39.7 Å². The fourth-order valence-electron chi connectivity index (χ4n) is 3.84. The molecule has 0 saturated carbocycles. The maximum absolute atomic E-state index is 13.2. The van der Waals surface area contributed by atoms with Gasteiger partial charge in [0.2, 0.25) is 5.91 Å². The van der Waals surface area contributed by atoms with Crippen LogP contribution in [0, 0.1) is 0 Å². The van der Waals surface area contributed by atoms with Gasteiger partial charge >= 0.3 is 6.18 Å². The average molecular weight is 510 g/mol. The van der Waals surface area contributed by atoms with E-state index in [9.17, 15) is 18.0 Å². The van der Waals surface area contributed by atoms with Gasteiger partial charge in [-0.25, -0.2) is 4.98 Å². The van der Waals surface area contributed by atoms with Crippen molar-refractivity contribution in [3.8, 4) is 0 Å². The lowest BCUT2D eigenvalue weighted by molar-refractivity contribution is -0.137. The zero-order valence-electron chi connectivity index (χ0n) is 18.1. The van der Waals surface area contributed by atoms with Crippen LogP contribution < -0.4 is 0 Å². The van der Waals surface area contributed by atoms with Crippen LogP contribution in [0.15, 0.2) is 53.3 Å². The van der Waals surface area contributed by atoms with Crippen LogP contribution in [0.5, 0.6) is 0 Å². The molecule has 1 aromatic heterocycles. The van der Waals surface area contributed by atoms with Gasteiger partial charge in [-0.2, -0.15) is 13.2 Å². The Hall–Kier alpha value is -2.19. The summed E-state index contributed by atoms with van der Waals surface area (Å²) in [6.45, 7) is 6.53. The third-order valence-electron chi connectivity index (χ3n) is 5.68. The molecule has 1 atom stereocenters. The molecule has 32 heavy (non-hydrogen) atoms. The van der Waals surface area contributed by atoms with Gasteiger partial charge < -0.3 is 4.90 Å². The standard InChI is InChI=1S/C24H27BrF3N3O/c1-17(2)30-13-3-4-21(16-30)31(15-19-7-11-22(25)29-14-19)23(32)12-8-18-5-9-20(10-6-18)24(26,27)28/h5-12,14,17,21H,3-4,13,15-16H2,1-2H3/b12-8+/t21-/m0/s1. The smallest absolute Gasteiger partial charge is 0.331 e. The van der Waals surface area contributed by atoms with Gasteiger partial charge in [0, 0.05) is 37.4 Å². The van der Waals surface area contributed by atoms with E-state index in [0.29, 0.717) is 18.2 Å². The van der Waals surface area contributed by atoms with Crippen molar-refractivity contribution in [2.45, 2.75) is 51.5 Å².